The maximum Gasteiger partial charge on any atom is 0.252 e. The SMILES string of the molecule is CC/C=C(/c1ccc(N2c3ccc(C(C)(C)C)cc3B3c4ccc(N(c5ccccc5)c5ccc(C(C)(C)C)cc5-c5ccccc5)cc4N(c4ccc5c(c4)oc4ccccc45)c4cc(C(C)(C)C)cc2c43)cc1)c1c(C)oc2c1C=CCC=C2. The molecule has 6 heteroatoms. The van der Waals surface area contributed by atoms with Crippen LogP contribution in [0, 0.1) is 6.92 Å². The van der Waals surface area contributed by atoms with Crippen molar-refractivity contribution in [2.75, 3.05) is 14.7 Å². The number of hydrogen-bond donors (Lipinski definition) is 0. The van der Waals surface area contributed by atoms with Gasteiger partial charge in [-0.3, -0.25) is 0 Å². The summed E-state index contributed by atoms with van der Waals surface area (Å²) in [5.41, 5.74) is 26.0. The first-order valence-corrected chi connectivity index (χ1v) is 30.7. The minimum absolute atomic E-state index is 0.0576. The lowest BCUT2D eigenvalue weighted by Gasteiger charge is -2.45. The van der Waals surface area contributed by atoms with E-state index in [1.807, 2.05) is 0 Å². The van der Waals surface area contributed by atoms with Gasteiger partial charge >= 0.3 is 0 Å². The largest absolute Gasteiger partial charge is 0.461 e. The van der Waals surface area contributed by atoms with Crippen molar-refractivity contribution in [3.05, 3.63) is 257 Å². The van der Waals surface area contributed by atoms with Gasteiger partial charge in [0, 0.05) is 79.0 Å². The summed E-state index contributed by atoms with van der Waals surface area (Å²) in [6.07, 6.45) is 12.9. The van der Waals surface area contributed by atoms with E-state index in [2.05, 4.69) is 315 Å². The predicted octanol–water partition coefficient (Wildman–Crippen LogP) is 20.9. The molecule has 2 aromatic heterocycles. The molecule has 3 aliphatic rings. The summed E-state index contributed by atoms with van der Waals surface area (Å²) in [6, 6.07) is 73.0. The Morgan fingerprint density at radius 1 is 0.523 bits per heavy atom. The van der Waals surface area contributed by atoms with E-state index in [9.17, 15) is 0 Å². The van der Waals surface area contributed by atoms with Gasteiger partial charge in [0.05, 0.1) is 5.69 Å². The molecule has 0 saturated heterocycles. The number of nitrogens with zero attached hydrogens (tertiary/aromatic N) is 3. The quantitative estimate of drug-likeness (QED) is 0.135. The van der Waals surface area contributed by atoms with E-state index in [-0.39, 0.29) is 23.0 Å². The van der Waals surface area contributed by atoms with Crippen molar-refractivity contribution >= 4 is 114 Å². The van der Waals surface area contributed by atoms with Crippen molar-refractivity contribution in [3.63, 3.8) is 0 Å². The van der Waals surface area contributed by atoms with Crippen LogP contribution in [0.5, 0.6) is 0 Å². The van der Waals surface area contributed by atoms with Crippen LogP contribution >= 0.6 is 0 Å². The highest BCUT2D eigenvalue weighted by Gasteiger charge is 2.45. The number of para-hydroxylation sites is 2. The van der Waals surface area contributed by atoms with Crippen LogP contribution in [-0.4, -0.2) is 6.71 Å². The molecule has 0 bridgehead atoms. The smallest absolute Gasteiger partial charge is 0.252 e. The normalized spacial score (nSPS) is 13.9. The first kappa shape index (κ1) is 54.7. The standard InChI is InChI=1S/C80H74BN3O2/c1-12-24-61(76-51(2)85-74-31-21-15-20-30-64(74)76)53-33-37-58(38-34-53)83-69-44-36-55(79(6,7)8)46-67(69)81-66-42-40-59(82(57-27-18-14-19-28-57)68-43-35-54(78(3,4)5)45-65(68)52-25-16-13-17-26-52)49-70(66)84(72-48-56(80(9,10)11)47-71(83)77(72)81)60-39-41-63-62-29-22-23-32-73(62)86-75(63)50-60/h13-14,16-50H,12,15H2,1-11H3/b61-24-. The molecule has 9 aromatic carbocycles. The summed E-state index contributed by atoms with van der Waals surface area (Å²) in [7, 11) is 0. The molecule has 11 aromatic rings. The van der Waals surface area contributed by atoms with Gasteiger partial charge < -0.3 is 23.5 Å². The molecule has 5 nitrogen and oxygen atoms in total. The topological polar surface area (TPSA) is 36.0 Å². The summed E-state index contributed by atoms with van der Waals surface area (Å²) in [6.45, 7) is 25.2. The Morgan fingerprint density at radius 2 is 1.16 bits per heavy atom. The molecule has 0 spiro atoms. The Labute approximate surface area is 508 Å². The van der Waals surface area contributed by atoms with Crippen molar-refractivity contribution in [1.82, 2.24) is 0 Å². The van der Waals surface area contributed by atoms with E-state index in [1.165, 1.54) is 61.2 Å². The Balaban J connectivity index is 1.03. The number of allylic oxidation sites excluding steroid dienone is 3. The van der Waals surface area contributed by atoms with Crippen molar-refractivity contribution in [1.29, 1.82) is 0 Å². The lowest BCUT2D eigenvalue weighted by Crippen LogP contribution is -2.61. The van der Waals surface area contributed by atoms with Gasteiger partial charge in [-0.15, -0.1) is 0 Å². The molecule has 424 valence electrons. The average Bonchev–Trinajstić information content (AvgIpc) is 0.835. The molecule has 0 fully saturated rings. The molecule has 0 saturated carbocycles. The minimum Gasteiger partial charge on any atom is -0.461 e. The summed E-state index contributed by atoms with van der Waals surface area (Å²) in [5, 5.41) is 2.21. The molecule has 0 amide bonds. The van der Waals surface area contributed by atoms with Crippen LogP contribution in [-0.2, 0) is 16.2 Å². The third-order valence-corrected chi connectivity index (χ3v) is 18.0. The predicted molar refractivity (Wildman–Crippen MR) is 367 cm³/mol. The van der Waals surface area contributed by atoms with Crippen LogP contribution in [0.15, 0.2) is 221 Å². The zero-order valence-electron chi connectivity index (χ0n) is 51.5. The maximum atomic E-state index is 6.79. The third kappa shape index (κ3) is 9.33. The number of furan rings is 2. The van der Waals surface area contributed by atoms with Crippen LogP contribution < -0.4 is 31.1 Å². The summed E-state index contributed by atoms with van der Waals surface area (Å²) >= 11 is 0. The Bertz CT molecular complexity index is 4550. The van der Waals surface area contributed by atoms with Crippen LogP contribution in [0.25, 0.3) is 50.8 Å². The summed E-state index contributed by atoms with van der Waals surface area (Å²) in [5.74, 6) is 1.85. The van der Waals surface area contributed by atoms with Crippen molar-refractivity contribution in [2.24, 2.45) is 0 Å². The molecule has 0 radical (unpaired) electrons. The molecule has 0 N–H and O–H groups in total. The maximum absolute atomic E-state index is 6.79. The monoisotopic (exact) mass is 1120 g/mol. The highest BCUT2D eigenvalue weighted by atomic mass is 16.3. The molecular formula is C80H74BN3O2. The Kier molecular flexibility index (Phi) is 13.2. The van der Waals surface area contributed by atoms with E-state index in [1.54, 1.807) is 0 Å². The molecule has 2 aliphatic heterocycles. The van der Waals surface area contributed by atoms with Crippen LogP contribution in [0.2, 0.25) is 0 Å². The van der Waals surface area contributed by atoms with Gasteiger partial charge in [0.1, 0.15) is 22.7 Å². The molecule has 86 heavy (non-hydrogen) atoms. The van der Waals surface area contributed by atoms with Crippen LogP contribution in [0.4, 0.5) is 51.2 Å². The fraction of sp³-hybridized carbons (Fsp3) is 0.200. The van der Waals surface area contributed by atoms with Gasteiger partial charge in [-0.05, 0) is 177 Å². The Morgan fingerprint density at radius 3 is 1.88 bits per heavy atom. The highest BCUT2D eigenvalue weighted by molar-refractivity contribution is 7.00. The number of benzene rings is 9. The van der Waals surface area contributed by atoms with Gasteiger partial charge in [0.15, 0.2) is 0 Å². The zero-order valence-corrected chi connectivity index (χ0v) is 51.5. The average molecular weight is 1120 g/mol. The first-order valence-electron chi connectivity index (χ1n) is 30.7. The lowest BCUT2D eigenvalue weighted by molar-refractivity contribution is 0.523. The van der Waals surface area contributed by atoms with Crippen molar-refractivity contribution in [2.45, 2.75) is 105 Å². The number of rotatable bonds is 9. The van der Waals surface area contributed by atoms with Gasteiger partial charge in [-0.1, -0.05) is 197 Å². The van der Waals surface area contributed by atoms with E-state index in [0.29, 0.717) is 0 Å². The van der Waals surface area contributed by atoms with Crippen LogP contribution in [0.1, 0.15) is 127 Å². The summed E-state index contributed by atoms with van der Waals surface area (Å²) in [4.78, 5) is 7.59. The molecule has 1 aliphatic carbocycles. The number of aryl methyl sites for hydroxylation is 1. The number of anilines is 9. The van der Waals surface area contributed by atoms with E-state index >= 15 is 0 Å². The van der Waals surface area contributed by atoms with E-state index in [0.717, 1.165) is 103 Å². The van der Waals surface area contributed by atoms with Crippen molar-refractivity contribution in [3.8, 4) is 11.1 Å². The second kappa shape index (κ2) is 20.8. The zero-order chi connectivity index (χ0) is 59.4. The molecule has 0 atom stereocenters. The van der Waals surface area contributed by atoms with E-state index in [4.69, 9.17) is 8.83 Å². The van der Waals surface area contributed by atoms with Gasteiger partial charge in [0.25, 0.3) is 6.71 Å². The Hall–Kier alpha value is -9.26. The molecular weight excluding hydrogens is 1050 g/mol. The summed E-state index contributed by atoms with van der Waals surface area (Å²) < 4.78 is 13.3. The van der Waals surface area contributed by atoms with E-state index < -0.39 is 0 Å². The number of hydrogen-bond acceptors (Lipinski definition) is 5. The first-order chi connectivity index (χ1) is 41.4. The highest BCUT2D eigenvalue weighted by Crippen LogP contribution is 2.50. The third-order valence-electron chi connectivity index (χ3n) is 18.0. The lowest BCUT2D eigenvalue weighted by atomic mass is 9.33. The molecule has 4 heterocycles. The fourth-order valence-corrected chi connectivity index (χ4v) is 13.5. The fourth-order valence-electron chi connectivity index (χ4n) is 13.5. The van der Waals surface area contributed by atoms with Gasteiger partial charge in [0.2, 0.25) is 0 Å². The second-order valence-electron chi connectivity index (χ2n) is 26.8. The van der Waals surface area contributed by atoms with Crippen LogP contribution in [0.3, 0.4) is 0 Å². The van der Waals surface area contributed by atoms with Gasteiger partial charge in [-0.25, -0.2) is 0 Å². The number of fused-ring (bicyclic) bond motifs is 8. The van der Waals surface area contributed by atoms with Crippen molar-refractivity contribution < 1.29 is 8.83 Å². The minimum atomic E-state index is -0.218. The van der Waals surface area contributed by atoms with Gasteiger partial charge in [-0.2, -0.15) is 0 Å². The molecule has 14 rings (SSSR count). The molecule has 0 unspecified atom stereocenters. The second-order valence-corrected chi connectivity index (χ2v) is 26.8.